The van der Waals surface area contributed by atoms with Gasteiger partial charge in [-0.3, -0.25) is 0 Å². The van der Waals surface area contributed by atoms with Gasteiger partial charge in [0, 0.05) is 0 Å². The molecule has 1 aliphatic carbocycles. The zero-order valence-corrected chi connectivity index (χ0v) is 16.9. The van der Waals surface area contributed by atoms with E-state index in [2.05, 4.69) is 31.2 Å². The van der Waals surface area contributed by atoms with Gasteiger partial charge in [-0.25, -0.2) is 0 Å². The smallest absolute Gasteiger partial charge is 0.416 e. The van der Waals surface area contributed by atoms with Crippen LogP contribution < -0.4 is 9.47 Å². The summed E-state index contributed by atoms with van der Waals surface area (Å²) in [4.78, 5) is 0. The zero-order valence-electron chi connectivity index (χ0n) is 16.9. The highest BCUT2D eigenvalue weighted by molar-refractivity contribution is 5.32. The topological polar surface area (TPSA) is 18.5 Å². The first-order chi connectivity index (χ1) is 14.4. The number of halogens is 3. The van der Waals surface area contributed by atoms with Crippen LogP contribution in [0.15, 0.2) is 84.5 Å². The summed E-state index contributed by atoms with van der Waals surface area (Å²) < 4.78 is 49.5. The van der Waals surface area contributed by atoms with Gasteiger partial charge in [-0.05, 0) is 68.1 Å². The van der Waals surface area contributed by atoms with E-state index < -0.39 is 11.7 Å². The Bertz CT molecular complexity index is 891. The fraction of sp³-hybridized carbons (Fsp3) is 0.280. The lowest BCUT2D eigenvalue weighted by molar-refractivity contribution is -0.137. The van der Waals surface area contributed by atoms with E-state index in [-0.39, 0.29) is 12.7 Å². The minimum Gasteiger partial charge on any atom is -0.491 e. The predicted molar refractivity (Wildman–Crippen MR) is 113 cm³/mol. The standard InChI is InChI=1S/C25H25F3O2/c1-19(8-9-20-6-4-2-3-5-7-20)30-24-16-14-23(15-17-24)29-18-21-10-12-22(13-11-21)25(26,27)28/h2-6,10-17,19H,7-9,18H2,1H3. The molecule has 1 unspecified atom stereocenters. The molecule has 0 aliphatic heterocycles. The summed E-state index contributed by atoms with van der Waals surface area (Å²) in [6, 6.07) is 12.3. The molecule has 158 valence electrons. The van der Waals surface area contributed by atoms with Crippen LogP contribution in [0, 0.1) is 0 Å². The van der Waals surface area contributed by atoms with Crippen LogP contribution in [0.3, 0.4) is 0 Å². The molecule has 0 spiro atoms. The summed E-state index contributed by atoms with van der Waals surface area (Å²) in [5, 5.41) is 0. The largest absolute Gasteiger partial charge is 0.491 e. The maximum atomic E-state index is 12.6. The SMILES string of the molecule is CC(CCC1=CC=CC=CC1)Oc1ccc(OCc2ccc(C(F)(F)F)cc2)cc1. The Kier molecular flexibility index (Phi) is 7.39. The molecule has 0 fully saturated rings. The minimum absolute atomic E-state index is 0.0843. The summed E-state index contributed by atoms with van der Waals surface area (Å²) in [5.41, 5.74) is 1.40. The van der Waals surface area contributed by atoms with Crippen molar-refractivity contribution >= 4 is 0 Å². The summed E-state index contributed by atoms with van der Waals surface area (Å²) in [5.74, 6) is 1.40. The molecule has 1 atom stereocenters. The van der Waals surface area contributed by atoms with Crippen LogP contribution in [0.5, 0.6) is 11.5 Å². The average Bonchev–Trinajstić information content (AvgIpc) is 3.00. The van der Waals surface area contributed by atoms with Gasteiger partial charge in [-0.2, -0.15) is 13.2 Å². The van der Waals surface area contributed by atoms with Gasteiger partial charge < -0.3 is 9.47 Å². The Morgan fingerprint density at radius 1 is 0.900 bits per heavy atom. The summed E-state index contributed by atoms with van der Waals surface area (Å²) in [7, 11) is 0. The molecular formula is C25H25F3O2. The summed E-state index contributed by atoms with van der Waals surface area (Å²) in [6.07, 6.45) is 9.13. The van der Waals surface area contributed by atoms with Gasteiger partial charge in [-0.1, -0.05) is 48.1 Å². The van der Waals surface area contributed by atoms with Crippen molar-refractivity contribution in [2.24, 2.45) is 0 Å². The van der Waals surface area contributed by atoms with E-state index in [1.807, 2.05) is 18.2 Å². The van der Waals surface area contributed by atoms with Crippen LogP contribution in [-0.4, -0.2) is 6.10 Å². The number of ether oxygens (including phenoxy) is 2. The number of hydrogen-bond donors (Lipinski definition) is 0. The molecule has 0 aromatic heterocycles. The quantitative estimate of drug-likeness (QED) is 0.452. The molecule has 2 aromatic carbocycles. The molecule has 1 aliphatic rings. The van der Waals surface area contributed by atoms with Crippen molar-refractivity contribution in [2.75, 3.05) is 0 Å². The van der Waals surface area contributed by atoms with Crippen LogP contribution in [0.2, 0.25) is 0 Å². The first-order valence-electron chi connectivity index (χ1n) is 9.97. The molecule has 0 saturated carbocycles. The Hall–Kier alpha value is -2.95. The second-order valence-electron chi connectivity index (χ2n) is 7.26. The maximum Gasteiger partial charge on any atom is 0.416 e. The van der Waals surface area contributed by atoms with Crippen LogP contribution in [-0.2, 0) is 12.8 Å². The molecule has 0 saturated heterocycles. The highest BCUT2D eigenvalue weighted by atomic mass is 19.4. The van der Waals surface area contributed by atoms with Crippen molar-refractivity contribution in [1.29, 1.82) is 0 Å². The molecule has 3 rings (SSSR count). The lowest BCUT2D eigenvalue weighted by atomic mass is 10.0. The lowest BCUT2D eigenvalue weighted by Crippen LogP contribution is -2.11. The fourth-order valence-electron chi connectivity index (χ4n) is 3.06. The van der Waals surface area contributed by atoms with E-state index in [1.165, 1.54) is 17.7 Å². The van der Waals surface area contributed by atoms with E-state index >= 15 is 0 Å². The summed E-state index contributed by atoms with van der Waals surface area (Å²) in [6.45, 7) is 2.25. The predicted octanol–water partition coefficient (Wildman–Crippen LogP) is 7.27. The van der Waals surface area contributed by atoms with Gasteiger partial charge in [0.25, 0.3) is 0 Å². The second kappa shape index (κ2) is 10.2. The molecule has 5 heteroatoms. The fourth-order valence-corrected chi connectivity index (χ4v) is 3.06. The van der Waals surface area contributed by atoms with Crippen LogP contribution in [0.1, 0.15) is 37.3 Å². The van der Waals surface area contributed by atoms with Gasteiger partial charge in [0.05, 0.1) is 11.7 Å². The number of hydrogen-bond acceptors (Lipinski definition) is 2. The van der Waals surface area contributed by atoms with Gasteiger partial charge in [-0.15, -0.1) is 0 Å². The van der Waals surface area contributed by atoms with Crippen LogP contribution in [0.4, 0.5) is 13.2 Å². The Balaban J connectivity index is 1.44. The van der Waals surface area contributed by atoms with E-state index in [9.17, 15) is 13.2 Å². The zero-order chi connectivity index (χ0) is 21.4. The highest BCUT2D eigenvalue weighted by Gasteiger charge is 2.29. The molecule has 2 nitrogen and oxygen atoms in total. The molecule has 2 aromatic rings. The van der Waals surface area contributed by atoms with Gasteiger partial charge in [0.1, 0.15) is 18.1 Å². The van der Waals surface area contributed by atoms with Crippen molar-refractivity contribution < 1.29 is 22.6 Å². The maximum absolute atomic E-state index is 12.6. The van der Waals surface area contributed by atoms with E-state index in [1.54, 1.807) is 12.1 Å². The molecule has 0 N–H and O–H groups in total. The third-order valence-corrected chi connectivity index (χ3v) is 4.79. The first kappa shape index (κ1) is 21.8. The number of allylic oxidation sites excluding steroid dienone is 6. The normalized spacial score (nSPS) is 14.7. The molecular weight excluding hydrogens is 389 g/mol. The first-order valence-corrected chi connectivity index (χ1v) is 9.97. The van der Waals surface area contributed by atoms with Gasteiger partial charge >= 0.3 is 6.18 Å². The molecule has 0 heterocycles. The third-order valence-electron chi connectivity index (χ3n) is 4.79. The number of benzene rings is 2. The third kappa shape index (κ3) is 6.83. The van der Waals surface area contributed by atoms with Gasteiger partial charge in [0.15, 0.2) is 0 Å². The highest BCUT2D eigenvalue weighted by Crippen LogP contribution is 2.29. The molecule has 0 radical (unpaired) electrons. The Morgan fingerprint density at radius 3 is 2.30 bits per heavy atom. The van der Waals surface area contributed by atoms with E-state index in [0.29, 0.717) is 11.3 Å². The van der Waals surface area contributed by atoms with E-state index in [4.69, 9.17) is 9.47 Å². The van der Waals surface area contributed by atoms with Crippen molar-refractivity contribution in [3.05, 3.63) is 95.6 Å². The lowest BCUT2D eigenvalue weighted by Gasteiger charge is -2.16. The monoisotopic (exact) mass is 414 g/mol. The van der Waals surface area contributed by atoms with Crippen LogP contribution in [0.25, 0.3) is 0 Å². The number of alkyl halides is 3. The van der Waals surface area contributed by atoms with Crippen molar-refractivity contribution in [3.8, 4) is 11.5 Å². The van der Waals surface area contributed by atoms with Crippen molar-refractivity contribution in [3.63, 3.8) is 0 Å². The molecule has 0 bridgehead atoms. The Labute approximate surface area is 175 Å². The second-order valence-corrected chi connectivity index (χ2v) is 7.26. The summed E-state index contributed by atoms with van der Waals surface area (Å²) >= 11 is 0. The average molecular weight is 414 g/mol. The molecule has 30 heavy (non-hydrogen) atoms. The van der Waals surface area contributed by atoms with Gasteiger partial charge in [0.2, 0.25) is 0 Å². The molecule has 0 amide bonds. The van der Waals surface area contributed by atoms with Crippen molar-refractivity contribution in [2.45, 2.75) is 45.1 Å². The van der Waals surface area contributed by atoms with Crippen molar-refractivity contribution in [1.82, 2.24) is 0 Å². The Morgan fingerprint density at radius 2 is 1.60 bits per heavy atom. The number of rotatable bonds is 8. The minimum atomic E-state index is -4.33. The van der Waals surface area contributed by atoms with E-state index in [0.717, 1.165) is 37.1 Å². The van der Waals surface area contributed by atoms with Crippen LogP contribution >= 0.6 is 0 Å².